The minimum absolute atomic E-state index is 0.406. The van der Waals surface area contributed by atoms with Gasteiger partial charge < -0.3 is 4.74 Å². The average molecular weight is 265 g/mol. The first-order valence-corrected chi connectivity index (χ1v) is 5.57. The summed E-state index contributed by atoms with van der Waals surface area (Å²) < 4.78 is 5.41. The van der Waals surface area contributed by atoms with Gasteiger partial charge in [0.25, 0.3) is 0 Å². The maximum Gasteiger partial charge on any atom is 0.137 e. The van der Waals surface area contributed by atoms with Gasteiger partial charge in [-0.2, -0.15) is 10.5 Å². The highest BCUT2D eigenvalue weighted by Crippen LogP contribution is 2.19. The van der Waals surface area contributed by atoms with Crippen LogP contribution in [0.1, 0.15) is 17.5 Å². The molecule has 0 radical (unpaired) electrons. The fourth-order valence-corrected chi connectivity index (χ4v) is 1.28. The zero-order chi connectivity index (χ0) is 11.1. The first-order chi connectivity index (χ1) is 7.31. The highest BCUT2D eigenvalue weighted by atomic mass is 79.9. The quantitative estimate of drug-likeness (QED) is 0.621. The average Bonchev–Trinajstić information content (AvgIpc) is 2.29. The summed E-state index contributed by atoms with van der Waals surface area (Å²) in [5, 5.41) is 18.4. The van der Waals surface area contributed by atoms with Crippen molar-refractivity contribution in [3.8, 4) is 17.9 Å². The smallest absolute Gasteiger partial charge is 0.137 e. The zero-order valence-corrected chi connectivity index (χ0v) is 9.62. The number of nitriles is 2. The van der Waals surface area contributed by atoms with Crippen LogP contribution >= 0.6 is 15.9 Å². The highest BCUT2D eigenvalue weighted by Gasteiger charge is 2.04. The Hall–Kier alpha value is -1.52. The summed E-state index contributed by atoms with van der Waals surface area (Å²) >= 11 is 3.29. The van der Waals surface area contributed by atoms with Gasteiger partial charge in [0.15, 0.2) is 0 Å². The Morgan fingerprint density at radius 3 is 2.67 bits per heavy atom. The summed E-state index contributed by atoms with van der Waals surface area (Å²) in [4.78, 5) is 0. The van der Waals surface area contributed by atoms with Crippen LogP contribution < -0.4 is 4.74 Å². The molecule has 0 amide bonds. The van der Waals surface area contributed by atoms with Crippen LogP contribution in [-0.4, -0.2) is 11.9 Å². The van der Waals surface area contributed by atoms with Gasteiger partial charge in [0.05, 0.1) is 23.8 Å². The van der Waals surface area contributed by atoms with Crippen LogP contribution in [0.25, 0.3) is 0 Å². The van der Waals surface area contributed by atoms with Crippen LogP contribution in [-0.2, 0) is 0 Å². The van der Waals surface area contributed by atoms with E-state index in [4.69, 9.17) is 15.3 Å². The summed E-state index contributed by atoms with van der Waals surface area (Å²) in [5.74, 6) is 0.539. The van der Waals surface area contributed by atoms with Crippen molar-refractivity contribution in [2.45, 2.75) is 6.42 Å². The Balaban J connectivity index is 2.81. The van der Waals surface area contributed by atoms with Crippen molar-refractivity contribution in [2.75, 3.05) is 11.9 Å². The largest absolute Gasteiger partial charge is 0.492 e. The molecule has 0 aliphatic heterocycles. The molecule has 0 fully saturated rings. The van der Waals surface area contributed by atoms with E-state index in [-0.39, 0.29) is 0 Å². The monoisotopic (exact) mass is 264 g/mol. The van der Waals surface area contributed by atoms with E-state index in [0.29, 0.717) is 23.5 Å². The molecule has 1 aromatic rings. The van der Waals surface area contributed by atoms with E-state index in [1.54, 1.807) is 12.1 Å². The Morgan fingerprint density at radius 2 is 2.07 bits per heavy atom. The lowest BCUT2D eigenvalue weighted by Gasteiger charge is -2.06. The molecule has 0 N–H and O–H groups in total. The van der Waals surface area contributed by atoms with Crippen LogP contribution in [0, 0.1) is 22.7 Å². The predicted molar refractivity (Wildman–Crippen MR) is 59.8 cm³/mol. The molecule has 3 nitrogen and oxygen atoms in total. The first kappa shape index (κ1) is 11.6. The molecule has 0 unspecified atom stereocenters. The molecule has 0 atom stereocenters. The third kappa shape index (κ3) is 3.27. The number of halogens is 1. The summed E-state index contributed by atoms with van der Waals surface area (Å²) in [6, 6.07) is 8.82. The van der Waals surface area contributed by atoms with Gasteiger partial charge in [0, 0.05) is 5.33 Å². The van der Waals surface area contributed by atoms with Crippen LogP contribution in [0.4, 0.5) is 0 Å². The number of hydrogen-bond acceptors (Lipinski definition) is 3. The van der Waals surface area contributed by atoms with Gasteiger partial charge in [0.2, 0.25) is 0 Å². The molecular formula is C11H9BrN2O. The highest BCUT2D eigenvalue weighted by molar-refractivity contribution is 9.09. The van der Waals surface area contributed by atoms with Crippen molar-refractivity contribution in [1.29, 1.82) is 10.5 Å². The van der Waals surface area contributed by atoms with Crippen LogP contribution in [0.3, 0.4) is 0 Å². The van der Waals surface area contributed by atoms with E-state index in [9.17, 15) is 0 Å². The van der Waals surface area contributed by atoms with Gasteiger partial charge in [-0.05, 0) is 24.6 Å². The van der Waals surface area contributed by atoms with Crippen LogP contribution in [0.2, 0.25) is 0 Å². The fraction of sp³-hybridized carbons (Fsp3) is 0.273. The van der Waals surface area contributed by atoms with Crippen LogP contribution in [0.15, 0.2) is 18.2 Å². The van der Waals surface area contributed by atoms with Crippen molar-refractivity contribution < 1.29 is 4.74 Å². The van der Waals surface area contributed by atoms with Crippen molar-refractivity contribution in [3.05, 3.63) is 29.3 Å². The number of rotatable bonds is 4. The van der Waals surface area contributed by atoms with Gasteiger partial charge in [-0.1, -0.05) is 15.9 Å². The predicted octanol–water partition coefficient (Wildman–Crippen LogP) is 2.59. The van der Waals surface area contributed by atoms with Crippen molar-refractivity contribution in [3.63, 3.8) is 0 Å². The number of benzene rings is 1. The third-order valence-electron chi connectivity index (χ3n) is 1.76. The molecule has 1 rings (SSSR count). The van der Waals surface area contributed by atoms with Gasteiger partial charge in [-0.3, -0.25) is 0 Å². The van der Waals surface area contributed by atoms with Gasteiger partial charge in [-0.15, -0.1) is 0 Å². The number of nitrogens with zero attached hydrogens (tertiary/aromatic N) is 2. The first-order valence-electron chi connectivity index (χ1n) is 4.45. The molecular weight excluding hydrogens is 256 g/mol. The molecule has 4 heteroatoms. The maximum absolute atomic E-state index is 8.85. The molecule has 76 valence electrons. The van der Waals surface area contributed by atoms with Crippen LogP contribution in [0.5, 0.6) is 5.75 Å². The number of alkyl halides is 1. The molecule has 0 bridgehead atoms. The number of ether oxygens (including phenoxy) is 1. The number of hydrogen-bond donors (Lipinski definition) is 0. The Labute approximate surface area is 97.0 Å². The van der Waals surface area contributed by atoms with E-state index in [0.717, 1.165) is 11.8 Å². The summed E-state index contributed by atoms with van der Waals surface area (Å²) in [7, 11) is 0. The van der Waals surface area contributed by atoms with Gasteiger partial charge in [0.1, 0.15) is 11.8 Å². The standard InChI is InChI=1S/C11H9BrN2O/c12-4-1-5-15-11-3-2-9(7-13)6-10(11)8-14/h2-3,6H,1,4-5H2. The zero-order valence-electron chi connectivity index (χ0n) is 8.03. The lowest BCUT2D eigenvalue weighted by atomic mass is 10.1. The summed E-state index contributed by atoms with van der Waals surface area (Å²) in [5.41, 5.74) is 0.878. The molecule has 0 saturated carbocycles. The normalized spacial score (nSPS) is 9.00. The van der Waals surface area contributed by atoms with Gasteiger partial charge in [-0.25, -0.2) is 0 Å². The maximum atomic E-state index is 8.85. The van der Waals surface area contributed by atoms with E-state index >= 15 is 0 Å². The molecule has 0 heterocycles. The minimum Gasteiger partial charge on any atom is -0.492 e. The van der Waals surface area contributed by atoms with Crippen molar-refractivity contribution >= 4 is 15.9 Å². The molecule has 1 aromatic carbocycles. The Bertz CT molecular complexity index is 418. The second-order valence-electron chi connectivity index (χ2n) is 2.83. The fourth-order valence-electron chi connectivity index (χ4n) is 1.05. The second-order valence-corrected chi connectivity index (χ2v) is 3.62. The second kappa shape index (κ2) is 6.06. The van der Waals surface area contributed by atoms with E-state index < -0.39 is 0 Å². The molecule has 15 heavy (non-hydrogen) atoms. The van der Waals surface area contributed by atoms with Gasteiger partial charge >= 0.3 is 0 Å². The third-order valence-corrected chi connectivity index (χ3v) is 2.33. The molecule has 0 spiro atoms. The lowest BCUT2D eigenvalue weighted by Crippen LogP contribution is -1.99. The van der Waals surface area contributed by atoms with Crippen molar-refractivity contribution in [2.24, 2.45) is 0 Å². The SMILES string of the molecule is N#Cc1ccc(OCCCBr)c(C#N)c1. The minimum atomic E-state index is 0.406. The van der Waals surface area contributed by atoms with E-state index in [1.807, 2.05) is 12.1 Å². The van der Waals surface area contributed by atoms with Crippen molar-refractivity contribution in [1.82, 2.24) is 0 Å². The summed E-state index contributed by atoms with van der Waals surface area (Å²) in [6.45, 7) is 0.561. The Morgan fingerprint density at radius 1 is 1.27 bits per heavy atom. The Kier molecular flexibility index (Phi) is 4.66. The molecule has 0 aliphatic rings. The molecule has 0 aromatic heterocycles. The lowest BCUT2D eigenvalue weighted by molar-refractivity contribution is 0.318. The molecule has 0 aliphatic carbocycles. The van der Waals surface area contributed by atoms with E-state index in [1.165, 1.54) is 6.07 Å². The summed E-state index contributed by atoms with van der Waals surface area (Å²) in [6.07, 6.45) is 0.880. The molecule has 0 saturated heterocycles. The topological polar surface area (TPSA) is 56.8 Å². The van der Waals surface area contributed by atoms with E-state index in [2.05, 4.69) is 15.9 Å².